The van der Waals surface area contributed by atoms with Crippen LogP contribution in [0.25, 0.3) is 0 Å². The molecule has 1 amide bonds. The van der Waals surface area contributed by atoms with E-state index in [9.17, 15) is 13.2 Å². The monoisotopic (exact) mass is 405 g/mol. The number of nitrogens with zero attached hydrogens (tertiary/aromatic N) is 2. The second-order valence-corrected chi connectivity index (χ2v) is 8.66. The molecule has 2 aromatic carbocycles. The van der Waals surface area contributed by atoms with E-state index >= 15 is 0 Å². The van der Waals surface area contributed by atoms with Crippen molar-refractivity contribution in [2.24, 2.45) is 5.10 Å². The second kappa shape index (κ2) is 8.21. The summed E-state index contributed by atoms with van der Waals surface area (Å²) in [6.45, 7) is 2.80. The van der Waals surface area contributed by atoms with E-state index in [2.05, 4.69) is 10.5 Å². The standard InChI is InChI=1S/C19H20ClN3O3S/c1-14(15-7-9-17(20)10-8-15)21-22-19(24)16-5-4-6-18(13-16)27(25,26)23-11-2-3-12-23/h4-10,13H,2-3,11-12H2,1H3,(H,22,24). The zero-order valence-corrected chi connectivity index (χ0v) is 16.4. The zero-order valence-electron chi connectivity index (χ0n) is 14.9. The number of hydrogen-bond acceptors (Lipinski definition) is 4. The molecule has 8 heteroatoms. The molecular formula is C19H20ClN3O3S. The third kappa shape index (κ3) is 4.55. The van der Waals surface area contributed by atoms with Crippen LogP contribution in [0.2, 0.25) is 5.02 Å². The van der Waals surface area contributed by atoms with E-state index in [-0.39, 0.29) is 10.5 Å². The fraction of sp³-hybridized carbons (Fsp3) is 0.263. The summed E-state index contributed by atoms with van der Waals surface area (Å²) in [5, 5.41) is 4.70. The van der Waals surface area contributed by atoms with Gasteiger partial charge in [-0.1, -0.05) is 29.8 Å². The predicted octanol–water partition coefficient (Wildman–Crippen LogP) is 3.28. The molecule has 1 N–H and O–H groups in total. The molecule has 1 heterocycles. The fourth-order valence-electron chi connectivity index (χ4n) is 2.83. The molecule has 1 saturated heterocycles. The average Bonchev–Trinajstić information content (AvgIpc) is 3.22. The van der Waals surface area contributed by atoms with Crippen LogP contribution in [0.4, 0.5) is 0 Å². The summed E-state index contributed by atoms with van der Waals surface area (Å²) in [6.07, 6.45) is 1.72. The van der Waals surface area contributed by atoms with Gasteiger partial charge in [0.25, 0.3) is 5.91 Å². The number of carbonyl (C=O) groups excluding carboxylic acids is 1. The van der Waals surface area contributed by atoms with E-state index in [0.717, 1.165) is 18.4 Å². The van der Waals surface area contributed by atoms with E-state index in [1.807, 2.05) is 0 Å². The number of benzene rings is 2. The first-order valence-corrected chi connectivity index (χ1v) is 10.4. The minimum atomic E-state index is -3.57. The maximum absolute atomic E-state index is 12.6. The van der Waals surface area contributed by atoms with Crippen molar-refractivity contribution < 1.29 is 13.2 Å². The summed E-state index contributed by atoms with van der Waals surface area (Å²) in [5.74, 6) is -0.471. The smallest absolute Gasteiger partial charge is 0.267 e. The molecule has 0 aliphatic carbocycles. The lowest BCUT2D eigenvalue weighted by Crippen LogP contribution is -2.28. The second-order valence-electron chi connectivity index (χ2n) is 6.28. The minimum Gasteiger partial charge on any atom is -0.267 e. The van der Waals surface area contributed by atoms with Gasteiger partial charge in [0, 0.05) is 23.7 Å². The Morgan fingerprint density at radius 2 is 1.74 bits per heavy atom. The van der Waals surface area contributed by atoms with E-state index in [0.29, 0.717) is 23.8 Å². The van der Waals surface area contributed by atoms with Crippen LogP contribution in [-0.2, 0) is 10.0 Å². The van der Waals surface area contributed by atoms with Gasteiger partial charge in [-0.3, -0.25) is 4.79 Å². The van der Waals surface area contributed by atoms with Crippen molar-refractivity contribution in [3.63, 3.8) is 0 Å². The molecule has 2 aromatic rings. The van der Waals surface area contributed by atoms with Crippen LogP contribution >= 0.6 is 11.6 Å². The molecule has 6 nitrogen and oxygen atoms in total. The molecule has 142 valence electrons. The summed E-state index contributed by atoms with van der Waals surface area (Å²) >= 11 is 5.86. The maximum atomic E-state index is 12.6. The Labute approximate surface area is 163 Å². The number of hydrogen-bond donors (Lipinski definition) is 1. The van der Waals surface area contributed by atoms with Gasteiger partial charge in [-0.05, 0) is 55.7 Å². The lowest BCUT2D eigenvalue weighted by atomic mass is 10.1. The molecule has 3 rings (SSSR count). The molecule has 0 saturated carbocycles. The summed E-state index contributed by atoms with van der Waals surface area (Å²) in [7, 11) is -3.57. The highest BCUT2D eigenvalue weighted by atomic mass is 35.5. The van der Waals surface area contributed by atoms with Crippen LogP contribution in [0.1, 0.15) is 35.7 Å². The van der Waals surface area contributed by atoms with E-state index in [1.165, 1.54) is 16.4 Å². The van der Waals surface area contributed by atoms with Crippen LogP contribution in [0.3, 0.4) is 0 Å². The summed E-state index contributed by atoms with van der Waals surface area (Å²) in [5.41, 5.74) is 4.14. The molecule has 0 atom stereocenters. The van der Waals surface area contributed by atoms with E-state index in [1.54, 1.807) is 43.3 Å². The first-order chi connectivity index (χ1) is 12.9. The number of hydrazone groups is 1. The van der Waals surface area contributed by atoms with Crippen molar-refractivity contribution >= 4 is 33.2 Å². The topological polar surface area (TPSA) is 78.8 Å². The van der Waals surface area contributed by atoms with Gasteiger partial charge in [0.1, 0.15) is 0 Å². The zero-order chi connectivity index (χ0) is 19.4. The van der Waals surface area contributed by atoms with Crippen LogP contribution in [0.15, 0.2) is 58.5 Å². The summed E-state index contributed by atoms with van der Waals surface area (Å²) in [6, 6.07) is 13.1. The molecule has 27 heavy (non-hydrogen) atoms. The van der Waals surface area contributed by atoms with Crippen molar-refractivity contribution in [3.8, 4) is 0 Å². The highest BCUT2D eigenvalue weighted by Gasteiger charge is 2.27. The van der Waals surface area contributed by atoms with Gasteiger partial charge in [0.05, 0.1) is 10.6 Å². The van der Waals surface area contributed by atoms with Gasteiger partial charge >= 0.3 is 0 Å². The number of nitrogens with one attached hydrogen (secondary N) is 1. The molecule has 1 fully saturated rings. The predicted molar refractivity (Wildman–Crippen MR) is 106 cm³/mol. The van der Waals surface area contributed by atoms with E-state index < -0.39 is 15.9 Å². The number of rotatable bonds is 5. The van der Waals surface area contributed by atoms with Gasteiger partial charge in [-0.2, -0.15) is 9.41 Å². The molecular weight excluding hydrogens is 386 g/mol. The van der Waals surface area contributed by atoms with E-state index in [4.69, 9.17) is 11.6 Å². The molecule has 0 unspecified atom stereocenters. The van der Waals surface area contributed by atoms with Crippen molar-refractivity contribution in [1.82, 2.24) is 9.73 Å². The molecule has 0 aromatic heterocycles. The number of carbonyl (C=O) groups is 1. The largest absolute Gasteiger partial charge is 0.271 e. The van der Waals surface area contributed by atoms with Crippen LogP contribution in [0, 0.1) is 0 Å². The van der Waals surface area contributed by atoms with Gasteiger partial charge in [0.15, 0.2) is 0 Å². The van der Waals surface area contributed by atoms with Crippen LogP contribution in [0.5, 0.6) is 0 Å². The molecule has 1 aliphatic heterocycles. The lowest BCUT2D eigenvalue weighted by Gasteiger charge is -2.15. The van der Waals surface area contributed by atoms with Crippen molar-refractivity contribution in [2.75, 3.05) is 13.1 Å². The molecule has 0 bridgehead atoms. The van der Waals surface area contributed by atoms with Gasteiger partial charge in [0.2, 0.25) is 10.0 Å². The first kappa shape index (κ1) is 19.5. The Morgan fingerprint density at radius 1 is 1.07 bits per heavy atom. The maximum Gasteiger partial charge on any atom is 0.271 e. The van der Waals surface area contributed by atoms with Crippen molar-refractivity contribution in [1.29, 1.82) is 0 Å². The Morgan fingerprint density at radius 3 is 2.41 bits per heavy atom. The molecule has 0 spiro atoms. The quantitative estimate of drug-likeness (QED) is 0.612. The van der Waals surface area contributed by atoms with Gasteiger partial charge in [-0.15, -0.1) is 0 Å². The normalized spacial score (nSPS) is 15.7. The van der Waals surface area contributed by atoms with Gasteiger partial charge in [-0.25, -0.2) is 13.8 Å². The highest BCUT2D eigenvalue weighted by molar-refractivity contribution is 7.89. The SMILES string of the molecule is CC(=NNC(=O)c1cccc(S(=O)(=O)N2CCCC2)c1)c1ccc(Cl)cc1. The fourth-order valence-corrected chi connectivity index (χ4v) is 4.52. The average molecular weight is 406 g/mol. The Bertz CT molecular complexity index is 966. The van der Waals surface area contributed by atoms with Crippen LogP contribution in [-0.4, -0.2) is 37.4 Å². The highest BCUT2D eigenvalue weighted by Crippen LogP contribution is 2.21. The number of halogens is 1. The van der Waals surface area contributed by atoms with Crippen molar-refractivity contribution in [3.05, 3.63) is 64.7 Å². The van der Waals surface area contributed by atoms with Crippen LogP contribution < -0.4 is 5.43 Å². The van der Waals surface area contributed by atoms with Crippen molar-refractivity contribution in [2.45, 2.75) is 24.7 Å². The summed E-state index contributed by atoms with van der Waals surface area (Å²) < 4.78 is 26.7. The molecule has 1 aliphatic rings. The first-order valence-electron chi connectivity index (χ1n) is 8.59. The summed E-state index contributed by atoms with van der Waals surface area (Å²) in [4.78, 5) is 12.5. The third-order valence-corrected chi connectivity index (χ3v) is 6.53. The Balaban J connectivity index is 1.75. The lowest BCUT2D eigenvalue weighted by molar-refractivity contribution is 0.0954. The third-order valence-electron chi connectivity index (χ3n) is 4.39. The Kier molecular flexibility index (Phi) is 5.94. The molecule has 0 radical (unpaired) electrons. The van der Waals surface area contributed by atoms with Gasteiger partial charge < -0.3 is 0 Å². The minimum absolute atomic E-state index is 0.121. The number of amides is 1. The Hall–Kier alpha value is -2.22. The number of sulfonamides is 1.